The van der Waals surface area contributed by atoms with Gasteiger partial charge in [0.25, 0.3) is 0 Å². The van der Waals surface area contributed by atoms with Crippen LogP contribution in [0.5, 0.6) is 0 Å². The molecule has 0 unspecified atom stereocenters. The summed E-state index contributed by atoms with van der Waals surface area (Å²) in [5.41, 5.74) is 2.22. The van der Waals surface area contributed by atoms with Crippen molar-refractivity contribution in [2.75, 3.05) is 7.11 Å². The van der Waals surface area contributed by atoms with Gasteiger partial charge >= 0.3 is 11.9 Å². The van der Waals surface area contributed by atoms with Crippen molar-refractivity contribution in [2.24, 2.45) is 5.92 Å². The molecule has 0 radical (unpaired) electrons. The molecule has 4 bridgehead atoms. The lowest BCUT2D eigenvalue weighted by Crippen LogP contribution is -2.21. The molecule has 0 saturated carbocycles. The van der Waals surface area contributed by atoms with Gasteiger partial charge in [0.1, 0.15) is 29.0 Å². The molecule has 27 heavy (non-hydrogen) atoms. The molecular weight excluding hydrogens is 348 g/mol. The fraction of sp³-hybridized carbons (Fsp3) is 0.381. The van der Waals surface area contributed by atoms with E-state index in [1.54, 1.807) is 25.1 Å². The van der Waals surface area contributed by atoms with Crippen LogP contribution in [0.3, 0.4) is 0 Å². The maximum absolute atomic E-state index is 12.8. The lowest BCUT2D eigenvalue weighted by atomic mass is 9.88. The number of carbonyl (C=O) groups excluding carboxylic acids is 3. The molecular formula is C21H22O6. The second kappa shape index (κ2) is 7.39. The molecule has 6 heteroatoms. The predicted molar refractivity (Wildman–Crippen MR) is 97.9 cm³/mol. The number of carbonyl (C=O) groups is 3. The smallest absolute Gasteiger partial charge is 0.341 e. The third kappa shape index (κ3) is 3.94. The molecule has 0 aromatic carbocycles. The van der Waals surface area contributed by atoms with Gasteiger partial charge in [-0.3, -0.25) is 4.79 Å². The molecule has 2 atom stereocenters. The summed E-state index contributed by atoms with van der Waals surface area (Å²) in [6.45, 7) is 7.54. The molecule has 0 aliphatic carbocycles. The van der Waals surface area contributed by atoms with Crippen molar-refractivity contribution in [3.8, 4) is 0 Å². The van der Waals surface area contributed by atoms with Crippen LogP contribution in [0.25, 0.3) is 6.08 Å². The maximum atomic E-state index is 12.8. The van der Waals surface area contributed by atoms with Gasteiger partial charge in [-0.2, -0.15) is 0 Å². The number of Topliss-reactive ketones (excluding diaryl/α,β-unsaturated/α-hetero) is 1. The van der Waals surface area contributed by atoms with Gasteiger partial charge in [-0.25, -0.2) is 9.59 Å². The average molecular weight is 370 g/mol. The predicted octanol–water partition coefficient (Wildman–Crippen LogP) is 3.42. The minimum absolute atomic E-state index is 0.0310. The topological polar surface area (TPSA) is 82.8 Å². The monoisotopic (exact) mass is 370 g/mol. The highest BCUT2D eigenvalue weighted by Gasteiger charge is 2.32. The minimum atomic E-state index is -0.578. The van der Waals surface area contributed by atoms with Gasteiger partial charge in [0, 0.05) is 30.8 Å². The summed E-state index contributed by atoms with van der Waals surface area (Å²) in [4.78, 5) is 37.1. The van der Waals surface area contributed by atoms with E-state index < -0.39 is 24.0 Å². The zero-order valence-electron chi connectivity index (χ0n) is 15.7. The Morgan fingerprint density at radius 3 is 2.70 bits per heavy atom. The van der Waals surface area contributed by atoms with E-state index in [0.29, 0.717) is 34.7 Å². The van der Waals surface area contributed by atoms with E-state index in [1.165, 1.54) is 7.11 Å². The Hall–Kier alpha value is -2.89. The molecule has 142 valence electrons. The van der Waals surface area contributed by atoms with Crippen molar-refractivity contribution in [2.45, 2.75) is 39.2 Å². The summed E-state index contributed by atoms with van der Waals surface area (Å²) in [7, 11) is 1.30. The molecule has 3 rings (SSSR count). The van der Waals surface area contributed by atoms with Crippen LogP contribution in [0.15, 0.2) is 39.9 Å². The van der Waals surface area contributed by atoms with Crippen LogP contribution < -0.4 is 0 Å². The Bertz CT molecular complexity index is 882. The number of allylic oxidation sites excluding steroid dienone is 1. The number of fused-ring (bicyclic) bond motifs is 3. The van der Waals surface area contributed by atoms with Crippen molar-refractivity contribution >= 4 is 23.8 Å². The Kier molecular flexibility index (Phi) is 5.17. The molecule has 2 aliphatic rings. The fourth-order valence-electron chi connectivity index (χ4n) is 3.40. The van der Waals surface area contributed by atoms with Crippen molar-refractivity contribution in [1.29, 1.82) is 0 Å². The number of hydrogen-bond donors (Lipinski definition) is 0. The first-order valence-corrected chi connectivity index (χ1v) is 8.76. The number of hydrogen-bond acceptors (Lipinski definition) is 6. The molecule has 3 heterocycles. The van der Waals surface area contributed by atoms with Gasteiger partial charge < -0.3 is 13.9 Å². The summed E-state index contributed by atoms with van der Waals surface area (Å²) in [5.74, 6) is -0.847. The number of ether oxygens (including phenoxy) is 2. The van der Waals surface area contributed by atoms with Gasteiger partial charge in [0.05, 0.1) is 7.11 Å². The van der Waals surface area contributed by atoms with Crippen LogP contribution in [-0.4, -0.2) is 30.9 Å². The summed E-state index contributed by atoms with van der Waals surface area (Å²) < 4.78 is 16.0. The maximum Gasteiger partial charge on any atom is 0.341 e. The average Bonchev–Trinajstić information content (AvgIpc) is 3.14. The summed E-state index contributed by atoms with van der Waals surface area (Å²) >= 11 is 0. The molecule has 0 fully saturated rings. The van der Waals surface area contributed by atoms with Crippen LogP contribution in [0.2, 0.25) is 0 Å². The zero-order valence-corrected chi connectivity index (χ0v) is 15.7. The third-order valence-electron chi connectivity index (χ3n) is 4.79. The Balaban J connectivity index is 2.08. The highest BCUT2D eigenvalue weighted by molar-refractivity contribution is 5.99. The van der Waals surface area contributed by atoms with Crippen molar-refractivity contribution in [3.05, 3.63) is 52.5 Å². The molecule has 1 aromatic rings. The Morgan fingerprint density at radius 1 is 1.30 bits per heavy atom. The molecule has 0 N–H and O–H groups in total. The summed E-state index contributed by atoms with van der Waals surface area (Å²) in [6.07, 6.45) is 3.74. The second-order valence-electron chi connectivity index (χ2n) is 7.05. The van der Waals surface area contributed by atoms with Gasteiger partial charge in [0.2, 0.25) is 0 Å². The molecule has 1 aromatic heterocycles. The van der Waals surface area contributed by atoms with Crippen molar-refractivity contribution < 1.29 is 28.3 Å². The Morgan fingerprint density at radius 2 is 2.04 bits per heavy atom. The van der Waals surface area contributed by atoms with Gasteiger partial charge in [0.15, 0.2) is 0 Å². The van der Waals surface area contributed by atoms with Crippen LogP contribution in [-0.2, 0) is 25.5 Å². The first kappa shape index (κ1) is 18.9. The number of esters is 2. The number of ketones is 1. The van der Waals surface area contributed by atoms with E-state index in [2.05, 4.69) is 6.58 Å². The normalized spacial score (nSPS) is 24.6. The van der Waals surface area contributed by atoms with E-state index in [0.717, 1.165) is 5.57 Å². The van der Waals surface area contributed by atoms with E-state index in [-0.39, 0.29) is 18.6 Å². The molecule has 0 saturated heterocycles. The minimum Gasteiger partial charge on any atom is -0.465 e. The number of rotatable bonds is 2. The first-order chi connectivity index (χ1) is 12.8. The van der Waals surface area contributed by atoms with E-state index in [4.69, 9.17) is 13.9 Å². The lowest BCUT2D eigenvalue weighted by molar-refractivity contribution is -0.140. The van der Waals surface area contributed by atoms with Crippen LogP contribution >= 0.6 is 0 Å². The standard InChI is InChI=1S/C21H22O6/c1-11(2)16-10-19-17(21(24)25-4)9-15(26-19)6-12(3)5-14-7-13(8-18(16)22)20(23)27-14/h6-7,9,14,16H,1,5,8,10H2,2-4H3/b12-6+/t14-,16+/m1/s1. The lowest BCUT2D eigenvalue weighted by Gasteiger charge is -2.15. The van der Waals surface area contributed by atoms with Crippen LogP contribution in [0.4, 0.5) is 0 Å². The quantitative estimate of drug-likeness (QED) is 0.586. The number of methoxy groups -OCH3 is 1. The number of furan rings is 1. The molecule has 6 nitrogen and oxygen atoms in total. The van der Waals surface area contributed by atoms with Gasteiger partial charge in [-0.05, 0) is 32.1 Å². The largest absolute Gasteiger partial charge is 0.465 e. The fourth-order valence-corrected chi connectivity index (χ4v) is 3.40. The zero-order chi connectivity index (χ0) is 19.7. The molecule has 0 amide bonds. The molecule has 0 spiro atoms. The first-order valence-electron chi connectivity index (χ1n) is 8.76. The van der Waals surface area contributed by atoms with Gasteiger partial charge in [-0.1, -0.05) is 17.7 Å². The summed E-state index contributed by atoms with van der Waals surface area (Å²) in [6, 6.07) is 1.61. The van der Waals surface area contributed by atoms with E-state index in [9.17, 15) is 14.4 Å². The Labute approximate surface area is 157 Å². The highest BCUT2D eigenvalue weighted by Crippen LogP contribution is 2.30. The summed E-state index contributed by atoms with van der Waals surface area (Å²) in [5, 5.41) is 0. The van der Waals surface area contributed by atoms with Crippen molar-refractivity contribution in [3.63, 3.8) is 0 Å². The highest BCUT2D eigenvalue weighted by atomic mass is 16.5. The van der Waals surface area contributed by atoms with Crippen LogP contribution in [0.1, 0.15) is 48.6 Å². The van der Waals surface area contributed by atoms with Crippen molar-refractivity contribution in [1.82, 2.24) is 0 Å². The SMILES string of the molecule is C=C(C)[C@@H]1Cc2oc(cc2C(=O)OC)/C=C(\C)C[C@@H]2C=C(CC1=O)C(=O)O2. The van der Waals surface area contributed by atoms with Gasteiger partial charge in [-0.15, -0.1) is 0 Å². The van der Waals surface area contributed by atoms with E-state index in [1.807, 2.05) is 6.92 Å². The van der Waals surface area contributed by atoms with Crippen LogP contribution in [0, 0.1) is 5.92 Å². The molecule has 2 aliphatic heterocycles. The third-order valence-corrected chi connectivity index (χ3v) is 4.79. The second-order valence-corrected chi connectivity index (χ2v) is 7.05. The van der Waals surface area contributed by atoms with E-state index >= 15 is 0 Å².